The van der Waals surface area contributed by atoms with Crippen LogP contribution in [0.15, 0.2) is 35.3 Å². The predicted molar refractivity (Wildman–Crippen MR) is 84.0 cm³/mol. The Morgan fingerprint density at radius 1 is 1.05 bits per heavy atom. The quantitative estimate of drug-likeness (QED) is 0.816. The first-order valence-corrected chi connectivity index (χ1v) is 7.47. The summed E-state index contributed by atoms with van der Waals surface area (Å²) < 4.78 is 7.04. The van der Waals surface area contributed by atoms with Gasteiger partial charge in [-0.15, -0.1) is 0 Å². The van der Waals surface area contributed by atoms with Crippen LogP contribution in [0.2, 0.25) is 0 Å². The van der Waals surface area contributed by atoms with E-state index >= 15 is 0 Å². The first kappa shape index (κ1) is 15.3. The molecule has 0 aliphatic rings. The normalized spacial score (nSPS) is 10.6. The molecule has 0 radical (unpaired) electrons. The molecule has 0 unspecified atom stereocenters. The van der Waals surface area contributed by atoms with Gasteiger partial charge in [-0.05, 0) is 36.1 Å². The van der Waals surface area contributed by atoms with E-state index in [1.807, 2.05) is 6.07 Å². The summed E-state index contributed by atoms with van der Waals surface area (Å²) in [6.07, 6.45) is 5.93. The van der Waals surface area contributed by atoms with Crippen molar-refractivity contribution in [3.05, 3.63) is 51.9 Å². The first-order valence-electron chi connectivity index (χ1n) is 7.47. The van der Waals surface area contributed by atoms with E-state index < -0.39 is 0 Å². The Morgan fingerprint density at radius 3 is 2.43 bits per heavy atom. The summed E-state index contributed by atoms with van der Waals surface area (Å²) in [5, 5.41) is 3.96. The van der Waals surface area contributed by atoms with Gasteiger partial charge in [-0.3, -0.25) is 4.79 Å². The van der Waals surface area contributed by atoms with Crippen molar-refractivity contribution in [3.8, 4) is 11.5 Å². The fraction of sp³-hybridized carbons (Fsp3) is 0.412. The lowest BCUT2D eigenvalue weighted by Gasteiger charge is -2.11. The molecule has 1 heterocycles. The molecule has 0 fully saturated rings. The number of ether oxygens (including phenoxy) is 1. The Bertz CT molecular complexity index is 662. The fourth-order valence-corrected chi connectivity index (χ4v) is 2.33. The highest BCUT2D eigenvalue weighted by Crippen LogP contribution is 2.24. The van der Waals surface area contributed by atoms with Crippen LogP contribution in [0.3, 0.4) is 0 Å². The lowest BCUT2D eigenvalue weighted by Crippen LogP contribution is -2.17. The van der Waals surface area contributed by atoms with Gasteiger partial charge in [-0.25, -0.2) is 4.68 Å². The second-order valence-electron chi connectivity index (χ2n) is 5.19. The minimum absolute atomic E-state index is 0.177. The fourth-order valence-electron chi connectivity index (χ4n) is 2.33. The minimum Gasteiger partial charge on any atom is -0.455 e. The highest BCUT2D eigenvalue weighted by molar-refractivity contribution is 5.38. The number of hydrogen-bond acceptors (Lipinski definition) is 3. The van der Waals surface area contributed by atoms with Gasteiger partial charge in [0.1, 0.15) is 5.75 Å². The van der Waals surface area contributed by atoms with E-state index in [0.29, 0.717) is 5.75 Å². The zero-order valence-corrected chi connectivity index (χ0v) is 12.9. The van der Waals surface area contributed by atoms with Gasteiger partial charge in [0.05, 0.1) is 6.20 Å². The van der Waals surface area contributed by atoms with Crippen molar-refractivity contribution < 1.29 is 4.74 Å². The molecule has 1 aromatic carbocycles. The molecular formula is C17H22N2O2. The van der Waals surface area contributed by atoms with Gasteiger partial charge in [0.15, 0.2) is 5.75 Å². The van der Waals surface area contributed by atoms with Crippen molar-refractivity contribution >= 4 is 0 Å². The van der Waals surface area contributed by atoms with Crippen LogP contribution in [0.4, 0.5) is 0 Å². The van der Waals surface area contributed by atoms with Gasteiger partial charge >= 0.3 is 0 Å². The van der Waals surface area contributed by atoms with Crippen LogP contribution in [-0.2, 0) is 19.9 Å². The van der Waals surface area contributed by atoms with E-state index in [9.17, 15) is 4.79 Å². The van der Waals surface area contributed by atoms with E-state index in [0.717, 1.165) is 31.4 Å². The highest BCUT2D eigenvalue weighted by Gasteiger charge is 2.06. The predicted octanol–water partition coefficient (Wildman–Crippen LogP) is 3.48. The van der Waals surface area contributed by atoms with E-state index in [-0.39, 0.29) is 5.56 Å². The van der Waals surface area contributed by atoms with Crippen LogP contribution in [0, 0.1) is 0 Å². The summed E-state index contributed by atoms with van der Waals surface area (Å²) in [6, 6.07) is 7.61. The standard InChI is InChI=1S/C17H22N2O2/c1-4-6-13-8-9-15(10-14(13)7-5-2)21-16-11-17(20)19(3)18-12-16/h8-12H,4-7H2,1-3H3. The summed E-state index contributed by atoms with van der Waals surface area (Å²) in [6.45, 7) is 4.36. The number of aromatic nitrogens is 2. The van der Waals surface area contributed by atoms with Crippen molar-refractivity contribution in [1.29, 1.82) is 0 Å². The van der Waals surface area contributed by atoms with Crippen molar-refractivity contribution in [2.45, 2.75) is 39.5 Å². The molecule has 0 saturated heterocycles. The van der Waals surface area contributed by atoms with Gasteiger partial charge in [-0.1, -0.05) is 32.8 Å². The zero-order chi connectivity index (χ0) is 15.2. The number of hydrogen-bond donors (Lipinski definition) is 0. The average molecular weight is 286 g/mol. The van der Waals surface area contributed by atoms with Gasteiger partial charge in [0, 0.05) is 13.1 Å². The summed E-state index contributed by atoms with van der Waals surface area (Å²) in [7, 11) is 1.62. The Hall–Kier alpha value is -2.10. The molecule has 0 atom stereocenters. The average Bonchev–Trinajstić information content (AvgIpc) is 2.46. The molecule has 1 aromatic heterocycles. The lowest BCUT2D eigenvalue weighted by molar-refractivity contribution is 0.471. The largest absolute Gasteiger partial charge is 0.455 e. The second-order valence-corrected chi connectivity index (χ2v) is 5.19. The van der Waals surface area contributed by atoms with Crippen LogP contribution >= 0.6 is 0 Å². The second kappa shape index (κ2) is 7.07. The van der Waals surface area contributed by atoms with Crippen LogP contribution in [0.25, 0.3) is 0 Å². The Kier molecular flexibility index (Phi) is 5.14. The smallest absolute Gasteiger partial charge is 0.270 e. The van der Waals surface area contributed by atoms with Crippen molar-refractivity contribution in [1.82, 2.24) is 9.78 Å². The zero-order valence-electron chi connectivity index (χ0n) is 12.9. The van der Waals surface area contributed by atoms with E-state index in [1.165, 1.54) is 21.9 Å². The van der Waals surface area contributed by atoms with E-state index in [4.69, 9.17) is 4.74 Å². The summed E-state index contributed by atoms with van der Waals surface area (Å²) in [5.74, 6) is 1.23. The molecule has 21 heavy (non-hydrogen) atoms. The Labute approximate surface area is 125 Å². The molecule has 0 amide bonds. The minimum atomic E-state index is -0.177. The summed E-state index contributed by atoms with van der Waals surface area (Å²) >= 11 is 0. The number of nitrogens with zero attached hydrogens (tertiary/aromatic N) is 2. The molecule has 0 saturated carbocycles. The van der Waals surface area contributed by atoms with Crippen LogP contribution in [-0.4, -0.2) is 9.78 Å². The van der Waals surface area contributed by atoms with Crippen LogP contribution in [0.1, 0.15) is 37.8 Å². The van der Waals surface area contributed by atoms with Gasteiger partial charge in [0.2, 0.25) is 0 Å². The lowest BCUT2D eigenvalue weighted by atomic mass is 9.99. The Morgan fingerprint density at radius 2 is 1.76 bits per heavy atom. The number of rotatable bonds is 6. The molecule has 0 bridgehead atoms. The topological polar surface area (TPSA) is 44.1 Å². The van der Waals surface area contributed by atoms with Crippen molar-refractivity contribution in [2.24, 2.45) is 7.05 Å². The van der Waals surface area contributed by atoms with Crippen LogP contribution in [0.5, 0.6) is 11.5 Å². The molecule has 0 spiro atoms. The van der Waals surface area contributed by atoms with Crippen molar-refractivity contribution in [2.75, 3.05) is 0 Å². The SMILES string of the molecule is CCCc1ccc(Oc2cnn(C)c(=O)c2)cc1CCC. The molecule has 112 valence electrons. The number of benzene rings is 1. The van der Waals surface area contributed by atoms with Gasteiger partial charge in [0.25, 0.3) is 5.56 Å². The Balaban J connectivity index is 2.25. The van der Waals surface area contributed by atoms with E-state index in [1.54, 1.807) is 13.2 Å². The summed E-state index contributed by atoms with van der Waals surface area (Å²) in [4.78, 5) is 11.6. The molecule has 2 rings (SSSR count). The molecule has 2 aromatic rings. The van der Waals surface area contributed by atoms with Gasteiger partial charge < -0.3 is 4.74 Å². The van der Waals surface area contributed by atoms with Gasteiger partial charge in [-0.2, -0.15) is 5.10 Å². The first-order chi connectivity index (χ1) is 10.1. The maximum absolute atomic E-state index is 11.6. The molecule has 0 aliphatic heterocycles. The monoisotopic (exact) mass is 286 g/mol. The molecule has 4 nitrogen and oxygen atoms in total. The molecule has 0 aliphatic carbocycles. The maximum Gasteiger partial charge on any atom is 0.270 e. The third-order valence-corrected chi connectivity index (χ3v) is 3.39. The highest BCUT2D eigenvalue weighted by atomic mass is 16.5. The molecule has 4 heteroatoms. The molecule has 0 N–H and O–H groups in total. The maximum atomic E-state index is 11.6. The van der Waals surface area contributed by atoms with Crippen LogP contribution < -0.4 is 10.3 Å². The third-order valence-electron chi connectivity index (χ3n) is 3.39. The van der Waals surface area contributed by atoms with Crippen molar-refractivity contribution in [3.63, 3.8) is 0 Å². The third kappa shape index (κ3) is 3.94. The summed E-state index contributed by atoms with van der Waals surface area (Å²) in [5.41, 5.74) is 2.53. The molecular weight excluding hydrogens is 264 g/mol. The van der Waals surface area contributed by atoms with E-state index in [2.05, 4.69) is 31.1 Å². The number of aryl methyl sites for hydroxylation is 3.